The number of H-pyrrole nitrogens is 1. The third kappa shape index (κ3) is 9.68. The van der Waals surface area contributed by atoms with Gasteiger partial charge in [-0.15, -0.1) is 11.8 Å². The van der Waals surface area contributed by atoms with Crippen molar-refractivity contribution in [3.05, 3.63) is 111 Å². The molecule has 0 unspecified atom stereocenters. The van der Waals surface area contributed by atoms with E-state index in [9.17, 15) is 23.3 Å². The summed E-state index contributed by atoms with van der Waals surface area (Å²) >= 11 is 7.55. The van der Waals surface area contributed by atoms with Crippen LogP contribution in [-0.4, -0.2) is 92.4 Å². The summed E-state index contributed by atoms with van der Waals surface area (Å²) in [6, 6.07) is 19.1. The highest BCUT2D eigenvalue weighted by Crippen LogP contribution is 2.44. The summed E-state index contributed by atoms with van der Waals surface area (Å²) < 4.78 is 41.3. The maximum Gasteiger partial charge on any atom is 0.294 e. The van der Waals surface area contributed by atoms with Gasteiger partial charge in [0.15, 0.2) is 0 Å². The standard InChI is InChI=1S/C44H48ClN7O7S2/c1-44(2)13-10-30(37(24-44)28-4-6-31(45)7-5-28)26-50-15-17-51(18-16-50)33-8-9-36(39(21-33)59-34-20-29-11-14-46-42(29)47-25-34)43(53)49-61(56,57)35-22-38(52(54)55)41-40(23-35)60-27-32(48-41)12-19-58-3/h4-9,11,14,20-23,25,32,48H,10,12-13,15-19,24,26-27H2,1-3H3,(H,46,47)(H,49,53)/t32-/m1/s1. The monoisotopic (exact) mass is 885 g/mol. The number of halogens is 1. The summed E-state index contributed by atoms with van der Waals surface area (Å²) in [5, 5.41) is 16.9. The Hall–Kier alpha value is -5.13. The molecule has 1 fully saturated rings. The second-order valence-corrected chi connectivity index (χ2v) is 19.7. The van der Waals surface area contributed by atoms with Crippen molar-refractivity contribution in [1.29, 1.82) is 0 Å². The smallest absolute Gasteiger partial charge is 0.294 e. The molecule has 14 nitrogen and oxygen atoms in total. The Morgan fingerprint density at radius 2 is 1.87 bits per heavy atom. The van der Waals surface area contributed by atoms with Crippen LogP contribution in [0.1, 0.15) is 55.5 Å². The molecule has 1 saturated heterocycles. The maximum absolute atomic E-state index is 14.0. The normalized spacial score (nSPS) is 18.1. The van der Waals surface area contributed by atoms with Crippen molar-refractivity contribution < 1.29 is 27.6 Å². The zero-order valence-electron chi connectivity index (χ0n) is 34.2. The van der Waals surface area contributed by atoms with Crippen molar-refractivity contribution in [2.75, 3.05) is 62.4 Å². The van der Waals surface area contributed by atoms with Crippen molar-refractivity contribution in [1.82, 2.24) is 19.6 Å². The largest absolute Gasteiger partial charge is 0.455 e. The zero-order valence-corrected chi connectivity index (χ0v) is 36.6. The molecule has 3 N–H and O–H groups in total. The molecular formula is C44H48ClN7O7S2. The molecule has 8 rings (SSSR count). The summed E-state index contributed by atoms with van der Waals surface area (Å²) in [5.74, 6) is 0.0833. The number of benzene rings is 3. The first kappa shape index (κ1) is 42.6. The molecular weight excluding hydrogens is 838 g/mol. The van der Waals surface area contributed by atoms with Crippen LogP contribution in [0.15, 0.2) is 94.5 Å². The van der Waals surface area contributed by atoms with Gasteiger partial charge in [0.2, 0.25) is 0 Å². The third-order valence-corrected chi connectivity index (χ3v) is 14.4. The van der Waals surface area contributed by atoms with Gasteiger partial charge in [-0.3, -0.25) is 19.8 Å². The summed E-state index contributed by atoms with van der Waals surface area (Å²) in [5.41, 5.74) is 5.61. The van der Waals surface area contributed by atoms with Crippen LogP contribution in [0.4, 0.5) is 17.1 Å². The molecule has 17 heteroatoms. The molecule has 3 aliphatic rings. The Bertz CT molecular complexity index is 2610. The van der Waals surface area contributed by atoms with Gasteiger partial charge in [-0.1, -0.05) is 43.2 Å². The number of piperazine rings is 1. The number of thioether (sulfide) groups is 1. The van der Waals surface area contributed by atoms with Gasteiger partial charge in [-0.05, 0) is 84.7 Å². The lowest BCUT2D eigenvalue weighted by atomic mass is 9.72. The highest BCUT2D eigenvalue weighted by molar-refractivity contribution is 7.99. The lowest BCUT2D eigenvalue weighted by molar-refractivity contribution is -0.384. The molecule has 0 bridgehead atoms. The molecule has 2 aromatic heterocycles. The third-order valence-electron chi connectivity index (χ3n) is 11.6. The number of allylic oxidation sites excluding steroid dienone is 1. The van der Waals surface area contributed by atoms with Crippen LogP contribution in [-0.2, 0) is 14.8 Å². The molecule has 0 spiro atoms. The predicted molar refractivity (Wildman–Crippen MR) is 240 cm³/mol. The number of hydrogen-bond acceptors (Lipinski definition) is 12. The quantitative estimate of drug-likeness (QED) is 0.0760. The molecule has 0 radical (unpaired) electrons. The average Bonchev–Trinajstić information content (AvgIpc) is 3.71. The van der Waals surface area contributed by atoms with Crippen LogP contribution in [0.2, 0.25) is 5.02 Å². The van der Waals surface area contributed by atoms with Crippen molar-refractivity contribution in [3.8, 4) is 11.5 Å². The summed E-state index contributed by atoms with van der Waals surface area (Å²) in [7, 11) is -3.00. The minimum atomic E-state index is -4.58. The van der Waals surface area contributed by atoms with Crippen LogP contribution in [0.3, 0.4) is 0 Å². The minimum Gasteiger partial charge on any atom is -0.455 e. The number of amides is 1. The fourth-order valence-corrected chi connectivity index (χ4v) is 10.6. The number of carbonyl (C=O) groups is 1. The highest BCUT2D eigenvalue weighted by Gasteiger charge is 2.33. The molecule has 2 aliphatic heterocycles. The lowest BCUT2D eigenvalue weighted by Gasteiger charge is -2.39. The Labute approximate surface area is 364 Å². The van der Waals surface area contributed by atoms with Crippen LogP contribution in [0.25, 0.3) is 16.6 Å². The molecule has 61 heavy (non-hydrogen) atoms. The van der Waals surface area contributed by atoms with E-state index >= 15 is 0 Å². The number of rotatable bonds is 13. The van der Waals surface area contributed by atoms with Gasteiger partial charge in [-0.25, -0.2) is 18.1 Å². The number of carbonyl (C=O) groups excluding carboxylic acids is 1. The SMILES string of the molecule is COCC[C@@H]1CSc2cc(S(=O)(=O)NC(=O)c3ccc(N4CCN(CC5=C(c6ccc(Cl)cc6)CC(C)(C)CC5)CC4)cc3Oc3cnc4[nH]ccc4c3)cc([N+](=O)[O-])c2N1. The van der Waals surface area contributed by atoms with E-state index in [-0.39, 0.29) is 28.5 Å². The van der Waals surface area contributed by atoms with E-state index in [1.54, 1.807) is 37.6 Å². The first-order valence-corrected chi connectivity index (χ1v) is 23.1. The summed E-state index contributed by atoms with van der Waals surface area (Å²) in [4.78, 5) is 37.7. The molecule has 1 aliphatic carbocycles. The van der Waals surface area contributed by atoms with Crippen molar-refractivity contribution in [2.45, 2.75) is 55.4 Å². The molecule has 3 aromatic carbocycles. The number of methoxy groups -OCH3 is 1. The van der Waals surface area contributed by atoms with Crippen LogP contribution < -0.4 is 19.7 Å². The Balaban J connectivity index is 1.03. The number of aromatic nitrogens is 2. The number of pyridine rings is 1. The number of nitro benzene ring substituents is 1. The number of ether oxygens (including phenoxy) is 2. The molecule has 1 amide bonds. The van der Waals surface area contributed by atoms with Crippen LogP contribution in [0, 0.1) is 15.5 Å². The number of nitro groups is 1. The number of anilines is 2. The van der Waals surface area contributed by atoms with Crippen LogP contribution in [0.5, 0.6) is 11.5 Å². The van der Waals surface area contributed by atoms with Crippen molar-refractivity contribution >= 4 is 73.0 Å². The summed E-state index contributed by atoms with van der Waals surface area (Å²) in [6.45, 7) is 9.10. The molecule has 1 atom stereocenters. The average molecular weight is 886 g/mol. The van der Waals surface area contributed by atoms with E-state index in [0.717, 1.165) is 74.1 Å². The molecule has 0 saturated carbocycles. The Kier molecular flexibility index (Phi) is 12.3. The van der Waals surface area contributed by atoms with E-state index < -0.39 is 31.4 Å². The van der Waals surface area contributed by atoms with E-state index in [4.69, 9.17) is 21.1 Å². The molecule has 320 valence electrons. The lowest BCUT2D eigenvalue weighted by Crippen LogP contribution is -2.47. The fourth-order valence-electron chi connectivity index (χ4n) is 8.20. The van der Waals surface area contributed by atoms with E-state index in [1.807, 2.05) is 18.2 Å². The van der Waals surface area contributed by atoms with Gasteiger partial charge in [0.05, 0.1) is 21.6 Å². The maximum atomic E-state index is 14.0. The number of hydrogen-bond donors (Lipinski definition) is 3. The minimum absolute atomic E-state index is 0.0356. The number of aromatic amines is 1. The van der Waals surface area contributed by atoms with Crippen LogP contribution >= 0.6 is 23.4 Å². The van der Waals surface area contributed by atoms with Gasteiger partial charge < -0.3 is 24.7 Å². The number of fused-ring (bicyclic) bond motifs is 2. The number of sulfonamides is 1. The van der Waals surface area contributed by atoms with Crippen molar-refractivity contribution in [3.63, 3.8) is 0 Å². The second-order valence-electron chi connectivity index (χ2n) is 16.5. The highest BCUT2D eigenvalue weighted by atomic mass is 35.5. The topological polar surface area (TPSA) is 172 Å². The van der Waals surface area contributed by atoms with Gasteiger partial charge in [0, 0.05) is 97.6 Å². The van der Waals surface area contributed by atoms with E-state index in [1.165, 1.54) is 40.7 Å². The van der Waals surface area contributed by atoms with Crippen molar-refractivity contribution in [2.24, 2.45) is 5.41 Å². The predicted octanol–water partition coefficient (Wildman–Crippen LogP) is 8.74. The Morgan fingerprint density at radius 3 is 2.62 bits per heavy atom. The molecule has 4 heterocycles. The molecule has 5 aromatic rings. The first-order valence-electron chi connectivity index (χ1n) is 20.2. The van der Waals surface area contributed by atoms with Gasteiger partial charge in [0.25, 0.3) is 21.6 Å². The number of nitrogens with zero attached hydrogens (tertiary/aromatic N) is 4. The fraction of sp³-hybridized carbons (Fsp3) is 0.364. The van der Waals surface area contributed by atoms with Gasteiger partial charge in [-0.2, -0.15) is 0 Å². The number of nitrogens with one attached hydrogen (secondary N) is 3. The van der Waals surface area contributed by atoms with E-state index in [2.05, 4.69) is 55.8 Å². The first-order chi connectivity index (χ1) is 29.2. The zero-order chi connectivity index (χ0) is 42.9. The Morgan fingerprint density at radius 1 is 1.08 bits per heavy atom. The second kappa shape index (κ2) is 17.7. The van der Waals surface area contributed by atoms with E-state index in [0.29, 0.717) is 35.1 Å². The summed E-state index contributed by atoms with van der Waals surface area (Å²) in [6.07, 6.45) is 7.10. The van der Waals surface area contributed by atoms with Gasteiger partial charge >= 0.3 is 0 Å². The van der Waals surface area contributed by atoms with Gasteiger partial charge in [0.1, 0.15) is 22.8 Å².